The molecule has 0 bridgehead atoms. The first-order valence-electron chi connectivity index (χ1n) is 7.07. The maximum absolute atomic E-state index is 11.7. The number of halogens is 1. The molecule has 1 atom stereocenters. The Bertz CT molecular complexity index is 487. The van der Waals surface area contributed by atoms with Crippen LogP contribution in [0, 0.1) is 5.92 Å². The Morgan fingerprint density at radius 2 is 2.30 bits per heavy atom. The highest BCUT2D eigenvalue weighted by atomic mass is 35.5. The summed E-state index contributed by atoms with van der Waals surface area (Å²) in [7, 11) is 3.37. The van der Waals surface area contributed by atoms with Crippen molar-refractivity contribution in [3.63, 3.8) is 0 Å². The van der Waals surface area contributed by atoms with Crippen LogP contribution in [0.3, 0.4) is 0 Å². The summed E-state index contributed by atoms with van der Waals surface area (Å²) in [4.78, 5) is 13.9. The van der Waals surface area contributed by atoms with Gasteiger partial charge in [0, 0.05) is 20.1 Å². The largest absolute Gasteiger partial charge is 0.469 e. The molecule has 20 heavy (non-hydrogen) atoms. The second-order valence-corrected chi connectivity index (χ2v) is 5.66. The second kappa shape index (κ2) is 6.59. The molecule has 0 amide bonds. The highest BCUT2D eigenvalue weighted by Gasteiger charge is 2.27. The zero-order valence-corrected chi connectivity index (χ0v) is 13.1. The molecule has 0 aromatic carbocycles. The third-order valence-electron chi connectivity index (χ3n) is 3.92. The molecule has 1 unspecified atom stereocenters. The van der Waals surface area contributed by atoms with Crippen LogP contribution in [0.25, 0.3) is 0 Å². The lowest BCUT2D eigenvalue weighted by Crippen LogP contribution is -2.39. The van der Waals surface area contributed by atoms with Crippen LogP contribution in [-0.2, 0) is 29.5 Å². The van der Waals surface area contributed by atoms with Gasteiger partial charge >= 0.3 is 5.97 Å². The van der Waals surface area contributed by atoms with Crippen LogP contribution in [-0.4, -0.2) is 40.8 Å². The smallest absolute Gasteiger partial charge is 0.309 e. The Morgan fingerprint density at radius 3 is 2.90 bits per heavy atom. The van der Waals surface area contributed by atoms with E-state index in [1.807, 2.05) is 18.7 Å². The highest BCUT2D eigenvalue weighted by molar-refractivity contribution is 6.31. The zero-order valence-electron chi connectivity index (χ0n) is 12.4. The second-order valence-electron chi connectivity index (χ2n) is 5.28. The molecule has 1 aliphatic rings. The number of methoxy groups -OCH3 is 1. The monoisotopic (exact) mass is 299 g/mol. The first kappa shape index (κ1) is 15.3. The van der Waals surface area contributed by atoms with Crippen LogP contribution in [0.1, 0.15) is 31.2 Å². The predicted molar refractivity (Wildman–Crippen MR) is 77.6 cm³/mol. The van der Waals surface area contributed by atoms with E-state index in [2.05, 4.69) is 10.00 Å². The maximum Gasteiger partial charge on any atom is 0.309 e. The number of aromatic nitrogens is 2. The summed E-state index contributed by atoms with van der Waals surface area (Å²) < 4.78 is 6.70. The molecule has 0 aliphatic carbocycles. The van der Waals surface area contributed by atoms with E-state index in [1.165, 1.54) is 7.11 Å². The Labute approximate surface area is 124 Å². The molecule has 1 aliphatic heterocycles. The van der Waals surface area contributed by atoms with Gasteiger partial charge < -0.3 is 4.74 Å². The molecule has 1 fully saturated rings. The van der Waals surface area contributed by atoms with Crippen molar-refractivity contribution in [2.24, 2.45) is 13.0 Å². The summed E-state index contributed by atoms with van der Waals surface area (Å²) in [6.07, 6.45) is 2.75. The van der Waals surface area contributed by atoms with Crippen LogP contribution in [0.5, 0.6) is 0 Å². The fourth-order valence-corrected chi connectivity index (χ4v) is 3.12. The zero-order chi connectivity index (χ0) is 14.7. The van der Waals surface area contributed by atoms with Crippen molar-refractivity contribution in [2.75, 3.05) is 20.2 Å². The molecule has 1 aromatic heterocycles. The van der Waals surface area contributed by atoms with Crippen molar-refractivity contribution < 1.29 is 9.53 Å². The lowest BCUT2D eigenvalue weighted by molar-refractivity contribution is -0.147. The van der Waals surface area contributed by atoms with E-state index >= 15 is 0 Å². The van der Waals surface area contributed by atoms with Crippen molar-refractivity contribution in [1.29, 1.82) is 0 Å². The molecule has 6 heteroatoms. The number of carbonyl (C=O) groups is 1. The van der Waals surface area contributed by atoms with Crippen LogP contribution in [0.2, 0.25) is 5.02 Å². The highest BCUT2D eigenvalue weighted by Crippen LogP contribution is 2.25. The summed E-state index contributed by atoms with van der Waals surface area (Å²) >= 11 is 6.37. The van der Waals surface area contributed by atoms with Crippen molar-refractivity contribution in [2.45, 2.75) is 32.7 Å². The van der Waals surface area contributed by atoms with E-state index in [9.17, 15) is 4.79 Å². The fourth-order valence-electron chi connectivity index (χ4n) is 2.76. The molecule has 112 valence electrons. The van der Waals surface area contributed by atoms with Crippen LogP contribution in [0.4, 0.5) is 0 Å². The lowest BCUT2D eigenvalue weighted by atomic mass is 9.98. The summed E-state index contributed by atoms with van der Waals surface area (Å²) in [5, 5.41) is 5.19. The van der Waals surface area contributed by atoms with Gasteiger partial charge in [0.1, 0.15) is 0 Å². The van der Waals surface area contributed by atoms with Crippen molar-refractivity contribution in [1.82, 2.24) is 14.7 Å². The average molecular weight is 300 g/mol. The van der Waals surface area contributed by atoms with Gasteiger partial charge in [0.15, 0.2) is 0 Å². The first-order chi connectivity index (χ1) is 9.56. The number of piperidine rings is 1. The number of ether oxygens (including phenoxy) is 1. The van der Waals surface area contributed by atoms with Gasteiger partial charge in [0.25, 0.3) is 0 Å². The van der Waals surface area contributed by atoms with Gasteiger partial charge in [-0.3, -0.25) is 14.4 Å². The van der Waals surface area contributed by atoms with Crippen LogP contribution >= 0.6 is 11.6 Å². The number of likely N-dealkylation sites (tertiary alicyclic amines) is 1. The third-order valence-corrected chi connectivity index (χ3v) is 4.35. The minimum Gasteiger partial charge on any atom is -0.469 e. The first-order valence-corrected chi connectivity index (χ1v) is 7.45. The molecular formula is C14H22ClN3O2. The van der Waals surface area contributed by atoms with Gasteiger partial charge in [-0.25, -0.2) is 0 Å². The minimum atomic E-state index is -0.111. The Morgan fingerprint density at radius 1 is 1.55 bits per heavy atom. The quantitative estimate of drug-likeness (QED) is 0.798. The van der Waals surface area contributed by atoms with E-state index in [-0.39, 0.29) is 11.9 Å². The average Bonchev–Trinajstić information content (AvgIpc) is 2.74. The summed E-state index contributed by atoms with van der Waals surface area (Å²) in [6.45, 7) is 4.49. The topological polar surface area (TPSA) is 47.4 Å². The van der Waals surface area contributed by atoms with E-state index in [0.717, 1.165) is 55.3 Å². The van der Waals surface area contributed by atoms with Gasteiger partial charge in [-0.05, 0) is 25.8 Å². The molecule has 2 heterocycles. The van der Waals surface area contributed by atoms with E-state index in [0.29, 0.717) is 0 Å². The predicted octanol–water partition coefficient (Wildman–Crippen LogP) is 2.02. The molecule has 0 N–H and O–H groups in total. The Hall–Kier alpha value is -1.07. The number of esters is 1. The Balaban J connectivity index is 2.06. The van der Waals surface area contributed by atoms with E-state index in [4.69, 9.17) is 16.3 Å². The number of carbonyl (C=O) groups excluding carboxylic acids is 1. The fraction of sp³-hybridized carbons (Fsp3) is 0.714. The van der Waals surface area contributed by atoms with Gasteiger partial charge in [-0.15, -0.1) is 0 Å². The number of nitrogens with zero attached hydrogens (tertiary/aromatic N) is 3. The molecule has 1 aromatic rings. The molecule has 0 radical (unpaired) electrons. The van der Waals surface area contributed by atoms with Crippen LogP contribution in [0.15, 0.2) is 0 Å². The SMILES string of the molecule is CCc1nn(C)c(CN2CCCC(C(=O)OC)C2)c1Cl. The normalized spacial score (nSPS) is 20.1. The van der Waals surface area contributed by atoms with Gasteiger partial charge in [-0.1, -0.05) is 18.5 Å². The number of hydrogen-bond acceptors (Lipinski definition) is 4. The molecule has 2 rings (SSSR count). The molecule has 0 saturated carbocycles. The molecule has 5 nitrogen and oxygen atoms in total. The van der Waals surface area contributed by atoms with Crippen molar-refractivity contribution in [3.05, 3.63) is 16.4 Å². The summed E-state index contributed by atoms with van der Waals surface area (Å²) in [6, 6.07) is 0. The van der Waals surface area contributed by atoms with E-state index in [1.54, 1.807) is 0 Å². The van der Waals surface area contributed by atoms with Gasteiger partial charge in [0.2, 0.25) is 0 Å². The van der Waals surface area contributed by atoms with Gasteiger partial charge in [-0.2, -0.15) is 5.10 Å². The van der Waals surface area contributed by atoms with Crippen molar-refractivity contribution >= 4 is 17.6 Å². The van der Waals surface area contributed by atoms with Crippen molar-refractivity contribution in [3.8, 4) is 0 Å². The standard InChI is InChI=1S/C14H22ClN3O2/c1-4-11-13(15)12(17(2)16-11)9-18-7-5-6-10(8-18)14(19)20-3/h10H,4-9H2,1-3H3. The van der Waals surface area contributed by atoms with E-state index < -0.39 is 0 Å². The molecular weight excluding hydrogens is 278 g/mol. The summed E-state index contributed by atoms with van der Waals surface area (Å²) in [5.74, 6) is -0.133. The Kier molecular flexibility index (Phi) is 5.05. The summed E-state index contributed by atoms with van der Waals surface area (Å²) in [5.41, 5.74) is 1.96. The molecule has 1 saturated heterocycles. The molecule has 0 spiro atoms. The van der Waals surface area contributed by atoms with Gasteiger partial charge in [0.05, 0.1) is 29.4 Å². The van der Waals surface area contributed by atoms with Crippen LogP contribution < -0.4 is 0 Å². The third kappa shape index (κ3) is 3.15. The number of aryl methyl sites for hydroxylation is 2. The number of hydrogen-bond donors (Lipinski definition) is 0. The lowest BCUT2D eigenvalue weighted by Gasteiger charge is -2.31. The maximum atomic E-state index is 11.7. The number of rotatable bonds is 4. The minimum absolute atomic E-state index is 0.0219.